The normalized spacial score (nSPS) is 16.1. The molecule has 1 aliphatic rings. The molecule has 6 heteroatoms. The van der Waals surface area contributed by atoms with Gasteiger partial charge in [0.15, 0.2) is 0 Å². The third kappa shape index (κ3) is 4.19. The summed E-state index contributed by atoms with van der Waals surface area (Å²) in [6, 6.07) is 4.88. The van der Waals surface area contributed by atoms with Gasteiger partial charge in [-0.1, -0.05) is 11.6 Å². The molecule has 0 saturated carbocycles. The van der Waals surface area contributed by atoms with E-state index in [2.05, 4.69) is 29.3 Å². The van der Waals surface area contributed by atoms with E-state index in [0.717, 1.165) is 31.6 Å². The van der Waals surface area contributed by atoms with Gasteiger partial charge in [-0.15, -0.1) is 0 Å². The summed E-state index contributed by atoms with van der Waals surface area (Å²) in [7, 11) is 0. The largest absolute Gasteiger partial charge is 0.507 e. The Morgan fingerprint density at radius 2 is 2.05 bits per heavy atom. The van der Waals surface area contributed by atoms with Gasteiger partial charge in [0.1, 0.15) is 5.75 Å². The number of piperidine rings is 1. The van der Waals surface area contributed by atoms with Crippen LogP contribution in [0.2, 0.25) is 5.02 Å². The Morgan fingerprint density at radius 3 is 2.67 bits per heavy atom. The van der Waals surface area contributed by atoms with Gasteiger partial charge >= 0.3 is 0 Å². The van der Waals surface area contributed by atoms with Crippen molar-refractivity contribution in [2.75, 3.05) is 13.1 Å². The van der Waals surface area contributed by atoms with E-state index in [9.17, 15) is 9.90 Å². The van der Waals surface area contributed by atoms with E-state index < -0.39 is 5.91 Å². The first-order chi connectivity index (χ1) is 9.97. The smallest absolute Gasteiger partial charge is 0.275 e. The summed E-state index contributed by atoms with van der Waals surface area (Å²) in [5.74, 6) is -0.555. The first-order valence-corrected chi connectivity index (χ1v) is 7.43. The van der Waals surface area contributed by atoms with Crippen molar-refractivity contribution >= 4 is 23.2 Å². The second-order valence-corrected chi connectivity index (χ2v) is 5.85. The van der Waals surface area contributed by atoms with Crippen LogP contribution in [0.25, 0.3) is 0 Å². The summed E-state index contributed by atoms with van der Waals surface area (Å²) in [6.07, 6.45) is 1.69. The summed E-state index contributed by atoms with van der Waals surface area (Å²) in [4.78, 5) is 14.4. The quantitative estimate of drug-likeness (QED) is 0.844. The molecule has 0 radical (unpaired) electrons. The number of hydrogen-bond donors (Lipinski definition) is 2. The van der Waals surface area contributed by atoms with Crippen molar-refractivity contribution < 1.29 is 9.90 Å². The van der Waals surface area contributed by atoms with Crippen LogP contribution in [-0.2, 0) is 0 Å². The number of halogens is 1. The Labute approximate surface area is 129 Å². The molecule has 1 aliphatic heterocycles. The van der Waals surface area contributed by atoms with Crippen LogP contribution in [0.4, 0.5) is 0 Å². The number of amides is 1. The minimum atomic E-state index is -0.450. The molecule has 2 N–H and O–H groups in total. The number of rotatable bonds is 3. The minimum absolute atomic E-state index is 0.105. The third-order valence-electron chi connectivity index (χ3n) is 3.62. The number of carbonyl (C=O) groups excluding carboxylic acids is 1. The first kappa shape index (κ1) is 15.8. The molecule has 0 unspecified atom stereocenters. The van der Waals surface area contributed by atoms with Crippen molar-refractivity contribution in [3.05, 3.63) is 28.8 Å². The summed E-state index contributed by atoms with van der Waals surface area (Å²) < 4.78 is 0. The van der Waals surface area contributed by atoms with Crippen LogP contribution >= 0.6 is 11.6 Å². The van der Waals surface area contributed by atoms with Gasteiger partial charge in [0.2, 0.25) is 0 Å². The van der Waals surface area contributed by atoms with Crippen LogP contribution in [0, 0.1) is 0 Å². The van der Waals surface area contributed by atoms with Crippen molar-refractivity contribution in [3.8, 4) is 5.75 Å². The topological polar surface area (TPSA) is 64.9 Å². The van der Waals surface area contributed by atoms with Crippen molar-refractivity contribution in [2.24, 2.45) is 5.10 Å². The number of hydrazone groups is 1. The second kappa shape index (κ2) is 6.91. The molecule has 21 heavy (non-hydrogen) atoms. The van der Waals surface area contributed by atoms with E-state index in [-0.39, 0.29) is 11.3 Å². The molecule has 1 aromatic carbocycles. The maximum absolute atomic E-state index is 12.0. The molecule has 0 bridgehead atoms. The van der Waals surface area contributed by atoms with Gasteiger partial charge in [0.05, 0.1) is 5.56 Å². The molecule has 114 valence electrons. The molecule has 5 nitrogen and oxygen atoms in total. The van der Waals surface area contributed by atoms with Gasteiger partial charge in [0, 0.05) is 42.7 Å². The van der Waals surface area contributed by atoms with E-state index in [1.807, 2.05) is 0 Å². The highest BCUT2D eigenvalue weighted by Crippen LogP contribution is 2.21. The van der Waals surface area contributed by atoms with Gasteiger partial charge in [-0.25, -0.2) is 5.43 Å². The SMILES string of the molecule is CC(C)N1CCC(=NNC(=O)c2cc(Cl)ccc2O)CC1. The molecule has 0 spiro atoms. The van der Waals surface area contributed by atoms with Crippen LogP contribution in [-0.4, -0.2) is 40.8 Å². The third-order valence-corrected chi connectivity index (χ3v) is 3.86. The molecule has 0 atom stereocenters. The highest BCUT2D eigenvalue weighted by molar-refractivity contribution is 6.31. The lowest BCUT2D eigenvalue weighted by atomic mass is 10.1. The lowest BCUT2D eigenvalue weighted by molar-refractivity contribution is 0.0951. The van der Waals surface area contributed by atoms with Crippen molar-refractivity contribution in [2.45, 2.75) is 32.7 Å². The fourth-order valence-electron chi connectivity index (χ4n) is 2.29. The lowest BCUT2D eigenvalue weighted by Gasteiger charge is -2.30. The number of carbonyl (C=O) groups is 1. The lowest BCUT2D eigenvalue weighted by Crippen LogP contribution is -2.39. The number of benzene rings is 1. The molecular formula is C15H20ClN3O2. The van der Waals surface area contributed by atoms with Crippen LogP contribution in [0.5, 0.6) is 5.75 Å². The summed E-state index contributed by atoms with van der Waals surface area (Å²) in [5.41, 5.74) is 3.60. The Kier molecular flexibility index (Phi) is 5.20. The fraction of sp³-hybridized carbons (Fsp3) is 0.467. The predicted octanol–water partition coefficient (Wildman–Crippen LogP) is 2.64. The maximum atomic E-state index is 12.0. The summed E-state index contributed by atoms with van der Waals surface area (Å²) in [5, 5.41) is 14.2. The van der Waals surface area contributed by atoms with E-state index >= 15 is 0 Å². The predicted molar refractivity (Wildman–Crippen MR) is 84.0 cm³/mol. The zero-order chi connectivity index (χ0) is 15.4. The standard InChI is InChI=1S/C15H20ClN3O2/c1-10(2)19-7-5-12(6-8-19)17-18-15(21)13-9-11(16)3-4-14(13)20/h3-4,9-10,20H,5-8H2,1-2H3,(H,18,21). The van der Waals surface area contributed by atoms with E-state index in [4.69, 9.17) is 11.6 Å². The average molecular weight is 310 g/mol. The van der Waals surface area contributed by atoms with Gasteiger partial charge in [-0.3, -0.25) is 4.79 Å². The van der Waals surface area contributed by atoms with Crippen LogP contribution < -0.4 is 5.43 Å². The molecule has 0 aromatic heterocycles. The Bertz CT molecular complexity index is 548. The summed E-state index contributed by atoms with van der Waals surface area (Å²) in [6.45, 7) is 6.25. The number of phenolic OH excluding ortho intramolecular Hbond substituents is 1. The number of nitrogens with zero attached hydrogens (tertiary/aromatic N) is 2. The maximum Gasteiger partial charge on any atom is 0.275 e. The zero-order valence-corrected chi connectivity index (χ0v) is 13.0. The molecule has 1 aromatic rings. The van der Waals surface area contributed by atoms with Gasteiger partial charge in [-0.05, 0) is 32.0 Å². The van der Waals surface area contributed by atoms with Crippen LogP contribution in [0.1, 0.15) is 37.0 Å². The number of phenols is 1. The van der Waals surface area contributed by atoms with E-state index in [0.29, 0.717) is 11.1 Å². The number of hydrogen-bond acceptors (Lipinski definition) is 4. The number of likely N-dealkylation sites (tertiary alicyclic amines) is 1. The zero-order valence-electron chi connectivity index (χ0n) is 12.3. The molecule has 2 rings (SSSR count). The first-order valence-electron chi connectivity index (χ1n) is 7.05. The molecule has 0 aliphatic carbocycles. The van der Waals surface area contributed by atoms with Gasteiger partial charge in [0.25, 0.3) is 5.91 Å². The van der Waals surface area contributed by atoms with Crippen molar-refractivity contribution in [1.29, 1.82) is 0 Å². The molecule has 1 amide bonds. The fourth-order valence-corrected chi connectivity index (χ4v) is 2.46. The van der Waals surface area contributed by atoms with Crippen LogP contribution in [0.15, 0.2) is 23.3 Å². The van der Waals surface area contributed by atoms with Crippen molar-refractivity contribution in [1.82, 2.24) is 10.3 Å². The Morgan fingerprint density at radius 1 is 1.38 bits per heavy atom. The van der Waals surface area contributed by atoms with E-state index in [1.165, 1.54) is 18.2 Å². The Balaban J connectivity index is 1.95. The highest BCUT2D eigenvalue weighted by atomic mass is 35.5. The highest BCUT2D eigenvalue weighted by Gasteiger charge is 2.18. The van der Waals surface area contributed by atoms with Gasteiger partial charge in [-0.2, -0.15) is 5.10 Å². The van der Waals surface area contributed by atoms with Crippen LogP contribution in [0.3, 0.4) is 0 Å². The average Bonchev–Trinajstić information content (AvgIpc) is 2.47. The van der Waals surface area contributed by atoms with E-state index in [1.54, 1.807) is 0 Å². The molecular weight excluding hydrogens is 290 g/mol. The minimum Gasteiger partial charge on any atom is -0.507 e. The Hall–Kier alpha value is -1.59. The van der Waals surface area contributed by atoms with Gasteiger partial charge < -0.3 is 10.0 Å². The number of aromatic hydroxyl groups is 1. The molecule has 1 heterocycles. The summed E-state index contributed by atoms with van der Waals surface area (Å²) >= 11 is 5.82. The monoisotopic (exact) mass is 309 g/mol. The van der Waals surface area contributed by atoms with Crippen molar-refractivity contribution in [3.63, 3.8) is 0 Å². The molecule has 1 saturated heterocycles. The number of nitrogens with one attached hydrogen (secondary N) is 1. The molecule has 1 fully saturated rings. The second-order valence-electron chi connectivity index (χ2n) is 5.41.